The van der Waals surface area contributed by atoms with E-state index in [0.29, 0.717) is 5.56 Å². The molecule has 0 bridgehead atoms. The van der Waals surface area contributed by atoms with Gasteiger partial charge in [0.2, 0.25) is 0 Å². The highest BCUT2D eigenvalue weighted by atomic mass is 16.3. The van der Waals surface area contributed by atoms with Crippen LogP contribution in [0.4, 0.5) is 0 Å². The van der Waals surface area contributed by atoms with E-state index in [2.05, 4.69) is 48.5 Å². The van der Waals surface area contributed by atoms with Crippen LogP contribution in [0.3, 0.4) is 0 Å². The first-order valence-electron chi connectivity index (χ1n) is 15.5. The fourth-order valence-electron chi connectivity index (χ4n) is 5.87. The van der Waals surface area contributed by atoms with E-state index in [1.54, 1.807) is 0 Å². The minimum Gasteiger partial charge on any atom is -0.455 e. The first kappa shape index (κ1) is 17.4. The summed E-state index contributed by atoms with van der Waals surface area (Å²) in [6, 6.07) is 37.1. The van der Waals surface area contributed by atoms with E-state index in [0.717, 1.165) is 65.7 Å². The quantitative estimate of drug-likeness (QED) is 0.219. The summed E-state index contributed by atoms with van der Waals surface area (Å²) in [7, 11) is 0. The Morgan fingerprint density at radius 2 is 0.923 bits per heavy atom. The van der Waals surface area contributed by atoms with Crippen molar-refractivity contribution in [3.63, 3.8) is 0 Å². The molecule has 1 heterocycles. The number of benzene rings is 7. The molecule has 0 amide bonds. The number of furan rings is 1. The Bertz CT molecular complexity index is 2350. The maximum absolute atomic E-state index is 8.76. The third-order valence-electron chi connectivity index (χ3n) is 7.57. The van der Waals surface area contributed by atoms with Crippen LogP contribution in [-0.2, 0) is 0 Å². The second-order valence-corrected chi connectivity index (χ2v) is 9.70. The molecule has 0 radical (unpaired) electrons. The zero-order valence-electron chi connectivity index (χ0n) is 25.9. The van der Waals surface area contributed by atoms with Crippen molar-refractivity contribution in [3.05, 3.63) is 145 Å². The summed E-state index contributed by atoms with van der Waals surface area (Å²) in [6.45, 7) is 0. The lowest BCUT2D eigenvalue weighted by Gasteiger charge is -2.18. The Balaban J connectivity index is 1.37. The molecule has 1 aromatic heterocycles. The molecule has 1 heteroatoms. The van der Waals surface area contributed by atoms with Crippen molar-refractivity contribution in [1.82, 2.24) is 0 Å². The summed E-state index contributed by atoms with van der Waals surface area (Å²) < 4.78 is 48.6. The first-order valence-corrected chi connectivity index (χ1v) is 13.0. The van der Waals surface area contributed by atoms with Gasteiger partial charge in [-0.25, -0.2) is 0 Å². The number of para-hydroxylation sites is 2. The van der Waals surface area contributed by atoms with Crippen LogP contribution in [0.15, 0.2) is 150 Å². The molecule has 0 unspecified atom stereocenters. The van der Waals surface area contributed by atoms with Gasteiger partial charge in [-0.05, 0) is 55.4 Å². The van der Waals surface area contributed by atoms with Gasteiger partial charge in [-0.2, -0.15) is 0 Å². The second kappa shape index (κ2) is 8.72. The highest BCUT2D eigenvalue weighted by molar-refractivity contribution is 6.21. The van der Waals surface area contributed by atoms with Gasteiger partial charge in [-0.1, -0.05) is 139 Å². The van der Waals surface area contributed by atoms with Crippen LogP contribution in [0.25, 0.3) is 76.9 Å². The van der Waals surface area contributed by atoms with Gasteiger partial charge in [0.25, 0.3) is 0 Å². The highest BCUT2D eigenvalue weighted by Crippen LogP contribution is 2.44. The highest BCUT2D eigenvalue weighted by Gasteiger charge is 2.17. The third kappa shape index (κ3) is 3.41. The predicted molar refractivity (Wildman–Crippen MR) is 165 cm³/mol. The largest absolute Gasteiger partial charge is 0.455 e. The maximum atomic E-state index is 8.76. The van der Waals surface area contributed by atoms with Crippen molar-refractivity contribution in [1.29, 1.82) is 0 Å². The molecule has 0 N–H and O–H groups in total. The minimum atomic E-state index is -0.396. The van der Waals surface area contributed by atoms with Crippen LogP contribution in [-0.4, -0.2) is 0 Å². The molecule has 39 heavy (non-hydrogen) atoms. The van der Waals surface area contributed by atoms with E-state index < -0.39 is 6.04 Å². The monoisotopic (exact) mass is 501 g/mol. The number of rotatable bonds is 3. The third-order valence-corrected chi connectivity index (χ3v) is 7.57. The van der Waals surface area contributed by atoms with Gasteiger partial charge in [0.15, 0.2) is 0 Å². The Hall–Kier alpha value is -5.14. The maximum Gasteiger partial charge on any atom is 0.143 e. The van der Waals surface area contributed by atoms with Gasteiger partial charge in [0.1, 0.15) is 11.2 Å². The molecule has 0 saturated carbocycles. The fraction of sp³-hybridized carbons (Fsp3) is 0. The van der Waals surface area contributed by atoms with E-state index in [4.69, 9.17) is 11.3 Å². The molecule has 8 aromatic rings. The van der Waals surface area contributed by atoms with Crippen molar-refractivity contribution in [2.24, 2.45) is 0 Å². The van der Waals surface area contributed by atoms with Gasteiger partial charge in [-0.3, -0.25) is 0 Å². The van der Waals surface area contributed by atoms with Crippen LogP contribution in [0, 0.1) is 0 Å². The molecular formula is C38H24O. The molecule has 7 aromatic carbocycles. The predicted octanol–water partition coefficient (Wildman–Crippen LogP) is 10.9. The van der Waals surface area contributed by atoms with Crippen LogP contribution in [0.2, 0.25) is 0 Å². The standard InChI is InChI=1S/C38H24O/c1-2-11-26(12-3-1)36-30-14-4-6-16-32(30)37(33-17-7-5-15-31(33)36)27-23-21-25(22-24-27)28-18-10-19-34-29-13-8-9-20-35(29)39-38(28)34/h1-24H/i1D,2D,3D,11D,12D. The molecule has 0 spiro atoms. The average molecular weight is 502 g/mol. The van der Waals surface area contributed by atoms with Crippen molar-refractivity contribution in [2.75, 3.05) is 0 Å². The van der Waals surface area contributed by atoms with Gasteiger partial charge in [0.05, 0.1) is 6.85 Å². The summed E-state index contributed by atoms with van der Waals surface area (Å²) in [5.74, 6) is 0. The normalized spacial score (nSPS) is 13.4. The molecule has 1 nitrogen and oxygen atoms in total. The Kier molecular flexibility index (Phi) is 3.89. The molecule has 182 valence electrons. The van der Waals surface area contributed by atoms with E-state index >= 15 is 0 Å². The molecule has 0 fully saturated rings. The Morgan fingerprint density at radius 1 is 0.410 bits per heavy atom. The lowest BCUT2D eigenvalue weighted by atomic mass is 9.86. The van der Waals surface area contributed by atoms with Crippen molar-refractivity contribution in [2.45, 2.75) is 0 Å². The number of fused-ring (bicyclic) bond motifs is 5. The number of hydrogen-bond donors (Lipinski definition) is 0. The molecule has 0 aliphatic carbocycles. The molecule has 0 aliphatic rings. The van der Waals surface area contributed by atoms with Crippen LogP contribution < -0.4 is 0 Å². The fourth-order valence-corrected chi connectivity index (χ4v) is 5.87. The van der Waals surface area contributed by atoms with E-state index in [-0.39, 0.29) is 29.7 Å². The van der Waals surface area contributed by atoms with E-state index in [1.165, 1.54) is 0 Å². The molecule has 0 saturated heterocycles. The number of hydrogen-bond acceptors (Lipinski definition) is 1. The summed E-state index contributed by atoms with van der Waals surface area (Å²) in [5.41, 5.74) is 6.70. The summed E-state index contributed by atoms with van der Waals surface area (Å²) >= 11 is 0. The summed E-state index contributed by atoms with van der Waals surface area (Å²) in [6.07, 6.45) is 0. The van der Waals surface area contributed by atoms with Gasteiger partial charge in [0, 0.05) is 16.3 Å². The SMILES string of the molecule is [2H]c1c([2H])c([2H])c(-c2c3ccccc3c(-c3ccc(-c4cccc5c4oc4ccccc45)cc3)c3ccccc23)c([2H])c1[2H]. The Morgan fingerprint density at radius 3 is 1.56 bits per heavy atom. The van der Waals surface area contributed by atoms with Crippen LogP contribution in [0.5, 0.6) is 0 Å². The molecular weight excluding hydrogens is 472 g/mol. The molecule has 0 aliphatic heterocycles. The first-order chi connectivity index (χ1) is 21.4. The topological polar surface area (TPSA) is 13.1 Å². The average Bonchev–Trinajstić information content (AvgIpc) is 3.45. The lowest BCUT2D eigenvalue weighted by molar-refractivity contribution is 0.670. The zero-order chi connectivity index (χ0) is 30.1. The van der Waals surface area contributed by atoms with Gasteiger partial charge < -0.3 is 4.42 Å². The zero-order valence-corrected chi connectivity index (χ0v) is 20.9. The lowest BCUT2D eigenvalue weighted by Crippen LogP contribution is -1.90. The molecule has 8 rings (SSSR count). The van der Waals surface area contributed by atoms with Crippen LogP contribution >= 0.6 is 0 Å². The van der Waals surface area contributed by atoms with Crippen LogP contribution in [0.1, 0.15) is 6.85 Å². The van der Waals surface area contributed by atoms with Gasteiger partial charge in [-0.15, -0.1) is 0 Å². The minimum absolute atomic E-state index is 0.205. The second-order valence-electron chi connectivity index (χ2n) is 9.70. The van der Waals surface area contributed by atoms with E-state index in [1.807, 2.05) is 66.7 Å². The van der Waals surface area contributed by atoms with Gasteiger partial charge >= 0.3 is 0 Å². The summed E-state index contributed by atoms with van der Waals surface area (Å²) in [5, 5.41) is 5.73. The smallest absolute Gasteiger partial charge is 0.143 e. The Labute approximate surface area is 233 Å². The van der Waals surface area contributed by atoms with Crippen molar-refractivity contribution < 1.29 is 11.3 Å². The van der Waals surface area contributed by atoms with Crippen molar-refractivity contribution in [3.8, 4) is 33.4 Å². The molecule has 0 atom stereocenters. The van der Waals surface area contributed by atoms with E-state index in [9.17, 15) is 0 Å². The summed E-state index contributed by atoms with van der Waals surface area (Å²) in [4.78, 5) is 0. The van der Waals surface area contributed by atoms with Crippen molar-refractivity contribution >= 4 is 43.5 Å².